The maximum Gasteiger partial charge on any atom is 0.173 e. The van der Waals surface area contributed by atoms with Crippen molar-refractivity contribution in [1.29, 1.82) is 0 Å². The summed E-state index contributed by atoms with van der Waals surface area (Å²) in [6.45, 7) is 4.31. The zero-order valence-corrected chi connectivity index (χ0v) is 16.7. The molecule has 0 saturated carbocycles. The predicted molar refractivity (Wildman–Crippen MR) is 114 cm³/mol. The second-order valence-electron chi connectivity index (χ2n) is 7.45. The summed E-state index contributed by atoms with van der Waals surface area (Å²) >= 11 is 0. The van der Waals surface area contributed by atoms with Crippen LogP contribution in [-0.2, 0) is 6.54 Å². The van der Waals surface area contributed by atoms with Crippen molar-refractivity contribution in [3.8, 4) is 0 Å². The Kier molecular flexibility index (Phi) is 5.26. The molecule has 1 fully saturated rings. The fourth-order valence-electron chi connectivity index (χ4n) is 4.11. The van der Waals surface area contributed by atoms with Gasteiger partial charge < -0.3 is 9.32 Å². The number of hydrogen-bond acceptors (Lipinski definition) is 6. The standard InChI is InChI=1S/C23H24N6O/c1-3-8-19(9-4-1)22(23-24-25-26-29(23)18-21-12-7-17-30-21)28-15-13-27(14-16-28)20-10-5-2-6-11-20/h1-12,17,22H,13-16,18H2/t22-/m1/s1. The molecule has 0 bridgehead atoms. The molecular formula is C23H24N6O. The van der Waals surface area contributed by atoms with Crippen LogP contribution in [0.1, 0.15) is 23.2 Å². The largest absolute Gasteiger partial charge is 0.467 e. The smallest absolute Gasteiger partial charge is 0.173 e. The molecule has 7 heteroatoms. The maximum atomic E-state index is 5.52. The van der Waals surface area contributed by atoms with E-state index in [1.54, 1.807) is 6.26 Å². The molecule has 0 aliphatic carbocycles. The summed E-state index contributed by atoms with van der Waals surface area (Å²) in [7, 11) is 0. The lowest BCUT2D eigenvalue weighted by atomic mass is 10.0. The fourth-order valence-corrected chi connectivity index (χ4v) is 4.11. The monoisotopic (exact) mass is 400 g/mol. The van der Waals surface area contributed by atoms with Gasteiger partial charge in [0, 0.05) is 31.9 Å². The van der Waals surface area contributed by atoms with E-state index in [0.29, 0.717) is 6.54 Å². The Labute approximate surface area is 175 Å². The number of hydrogen-bond donors (Lipinski definition) is 0. The molecule has 7 nitrogen and oxygen atoms in total. The summed E-state index contributed by atoms with van der Waals surface area (Å²) in [6, 6.07) is 24.9. The van der Waals surface area contributed by atoms with Gasteiger partial charge >= 0.3 is 0 Å². The summed E-state index contributed by atoms with van der Waals surface area (Å²) in [5.41, 5.74) is 2.47. The number of furan rings is 1. The molecular weight excluding hydrogens is 376 g/mol. The molecule has 5 rings (SSSR count). The van der Waals surface area contributed by atoms with Crippen LogP contribution in [0.4, 0.5) is 5.69 Å². The van der Waals surface area contributed by atoms with E-state index in [2.05, 4.69) is 79.9 Å². The van der Waals surface area contributed by atoms with Gasteiger partial charge in [-0.05, 0) is 40.3 Å². The lowest BCUT2D eigenvalue weighted by Crippen LogP contribution is -2.48. The molecule has 0 spiro atoms. The van der Waals surface area contributed by atoms with Gasteiger partial charge in [-0.1, -0.05) is 48.5 Å². The molecule has 152 valence electrons. The molecule has 1 atom stereocenters. The molecule has 1 aliphatic heterocycles. The minimum atomic E-state index is -0.00548. The summed E-state index contributed by atoms with van der Waals surface area (Å²) in [5.74, 6) is 1.68. The van der Waals surface area contributed by atoms with E-state index in [1.807, 2.05) is 22.9 Å². The molecule has 0 unspecified atom stereocenters. The molecule has 0 N–H and O–H groups in total. The van der Waals surface area contributed by atoms with Crippen LogP contribution in [-0.4, -0.2) is 51.3 Å². The Morgan fingerprint density at radius 2 is 1.57 bits per heavy atom. The lowest BCUT2D eigenvalue weighted by molar-refractivity contribution is 0.201. The SMILES string of the molecule is c1ccc([C@H](c2nnnn2Cc2ccco2)N2CCN(c3ccccc3)CC2)cc1. The van der Waals surface area contributed by atoms with Crippen LogP contribution in [0.15, 0.2) is 83.5 Å². The first-order valence-corrected chi connectivity index (χ1v) is 10.3. The topological polar surface area (TPSA) is 63.2 Å². The van der Waals surface area contributed by atoms with Crippen LogP contribution in [0.5, 0.6) is 0 Å². The van der Waals surface area contributed by atoms with Crippen molar-refractivity contribution < 1.29 is 4.42 Å². The van der Waals surface area contributed by atoms with E-state index in [4.69, 9.17) is 4.42 Å². The second kappa shape index (κ2) is 8.51. The van der Waals surface area contributed by atoms with Crippen LogP contribution in [0.25, 0.3) is 0 Å². The number of aromatic nitrogens is 4. The van der Waals surface area contributed by atoms with Crippen molar-refractivity contribution in [2.45, 2.75) is 12.6 Å². The Morgan fingerprint density at radius 1 is 0.833 bits per heavy atom. The van der Waals surface area contributed by atoms with E-state index in [9.17, 15) is 0 Å². The van der Waals surface area contributed by atoms with Crippen LogP contribution in [0, 0.1) is 0 Å². The van der Waals surface area contributed by atoms with E-state index in [1.165, 1.54) is 11.3 Å². The minimum absolute atomic E-state index is 0.00548. The van der Waals surface area contributed by atoms with Crippen LogP contribution >= 0.6 is 0 Å². The number of rotatable bonds is 6. The normalized spacial score (nSPS) is 15.9. The summed E-state index contributed by atoms with van der Waals surface area (Å²) < 4.78 is 7.37. The third-order valence-corrected chi connectivity index (χ3v) is 5.61. The van der Waals surface area contributed by atoms with E-state index in [-0.39, 0.29) is 6.04 Å². The molecule has 4 aromatic rings. The molecule has 2 aromatic heterocycles. The third kappa shape index (κ3) is 3.84. The van der Waals surface area contributed by atoms with Crippen molar-refractivity contribution in [1.82, 2.24) is 25.1 Å². The third-order valence-electron chi connectivity index (χ3n) is 5.61. The molecule has 3 heterocycles. The fraction of sp³-hybridized carbons (Fsp3) is 0.261. The van der Waals surface area contributed by atoms with E-state index in [0.717, 1.165) is 37.8 Å². The zero-order valence-electron chi connectivity index (χ0n) is 16.7. The second-order valence-corrected chi connectivity index (χ2v) is 7.45. The quantitative estimate of drug-likeness (QED) is 0.495. The molecule has 1 aliphatic rings. The number of anilines is 1. The molecule has 0 radical (unpaired) electrons. The van der Waals surface area contributed by atoms with Gasteiger partial charge in [0.1, 0.15) is 12.3 Å². The van der Waals surface area contributed by atoms with E-state index >= 15 is 0 Å². The van der Waals surface area contributed by atoms with Gasteiger partial charge in [0.15, 0.2) is 5.82 Å². The lowest BCUT2D eigenvalue weighted by Gasteiger charge is -2.39. The van der Waals surface area contributed by atoms with Gasteiger partial charge in [0.2, 0.25) is 0 Å². The van der Waals surface area contributed by atoms with Crippen molar-refractivity contribution in [3.63, 3.8) is 0 Å². The van der Waals surface area contributed by atoms with E-state index < -0.39 is 0 Å². The highest BCUT2D eigenvalue weighted by Crippen LogP contribution is 2.29. The maximum absolute atomic E-state index is 5.52. The van der Waals surface area contributed by atoms with Gasteiger partial charge in [-0.3, -0.25) is 4.90 Å². The van der Waals surface area contributed by atoms with Crippen LogP contribution in [0.2, 0.25) is 0 Å². The van der Waals surface area contributed by atoms with Gasteiger partial charge in [-0.15, -0.1) is 5.10 Å². The average Bonchev–Trinajstić information content (AvgIpc) is 3.49. The first-order chi connectivity index (χ1) is 14.9. The number of nitrogens with zero attached hydrogens (tertiary/aromatic N) is 6. The number of para-hydroxylation sites is 1. The Hall–Kier alpha value is -3.45. The molecule has 0 amide bonds. The molecule has 1 saturated heterocycles. The predicted octanol–water partition coefficient (Wildman–Crippen LogP) is 3.23. The summed E-state index contributed by atoms with van der Waals surface area (Å²) in [6.07, 6.45) is 1.68. The number of benzene rings is 2. The van der Waals surface area contributed by atoms with Crippen molar-refractivity contribution in [3.05, 3.63) is 96.2 Å². The van der Waals surface area contributed by atoms with Crippen LogP contribution in [0.3, 0.4) is 0 Å². The van der Waals surface area contributed by atoms with Crippen molar-refractivity contribution in [2.24, 2.45) is 0 Å². The summed E-state index contributed by atoms with van der Waals surface area (Å²) in [5, 5.41) is 12.7. The van der Waals surface area contributed by atoms with Gasteiger partial charge in [-0.25, -0.2) is 4.68 Å². The molecule has 2 aromatic carbocycles. The number of piperazine rings is 1. The average molecular weight is 400 g/mol. The van der Waals surface area contributed by atoms with Crippen molar-refractivity contribution >= 4 is 5.69 Å². The van der Waals surface area contributed by atoms with Gasteiger partial charge in [-0.2, -0.15) is 0 Å². The highest BCUT2D eigenvalue weighted by Gasteiger charge is 2.30. The Bertz CT molecular complexity index is 1040. The first-order valence-electron chi connectivity index (χ1n) is 10.3. The number of tetrazole rings is 1. The minimum Gasteiger partial charge on any atom is -0.467 e. The van der Waals surface area contributed by atoms with Gasteiger partial charge in [0.05, 0.1) is 12.3 Å². The van der Waals surface area contributed by atoms with Crippen molar-refractivity contribution in [2.75, 3.05) is 31.1 Å². The molecule has 30 heavy (non-hydrogen) atoms. The highest BCUT2D eigenvalue weighted by atomic mass is 16.3. The Morgan fingerprint density at radius 3 is 2.27 bits per heavy atom. The first kappa shape index (κ1) is 18.6. The van der Waals surface area contributed by atoms with Gasteiger partial charge in [0.25, 0.3) is 0 Å². The summed E-state index contributed by atoms with van der Waals surface area (Å²) in [4.78, 5) is 4.91. The Balaban J connectivity index is 1.41. The van der Waals surface area contributed by atoms with Crippen LogP contribution < -0.4 is 4.90 Å². The zero-order chi connectivity index (χ0) is 20.2. The highest BCUT2D eigenvalue weighted by molar-refractivity contribution is 5.46.